The smallest absolute Gasteiger partial charge is 0.229 e. The number of rotatable bonds is 2. The van der Waals surface area contributed by atoms with Crippen molar-refractivity contribution in [2.75, 3.05) is 5.32 Å². The van der Waals surface area contributed by atoms with Crippen LogP contribution in [0.5, 0.6) is 0 Å². The molecule has 2 unspecified atom stereocenters. The van der Waals surface area contributed by atoms with Gasteiger partial charge in [0.05, 0.1) is 5.92 Å². The van der Waals surface area contributed by atoms with Gasteiger partial charge in [-0.2, -0.15) is 0 Å². The number of benzene rings is 1. The molecular weight excluding hydrogens is 339 g/mol. The Labute approximate surface area is 122 Å². The third kappa shape index (κ3) is 3.23. The maximum absolute atomic E-state index is 12.3. The fourth-order valence-electron chi connectivity index (χ4n) is 2.58. The van der Waals surface area contributed by atoms with Crippen LogP contribution < -0.4 is 11.1 Å². The van der Waals surface area contributed by atoms with E-state index in [1.807, 2.05) is 31.2 Å². The van der Waals surface area contributed by atoms with Crippen molar-refractivity contribution in [3.63, 3.8) is 0 Å². The van der Waals surface area contributed by atoms with Crippen molar-refractivity contribution in [3.05, 3.63) is 27.8 Å². The number of nitrogens with two attached hydrogens (primary N) is 1. The number of carbonyl (C=O) groups excluding carboxylic acids is 1. The molecule has 1 aliphatic rings. The van der Waals surface area contributed by atoms with Gasteiger partial charge in [-0.25, -0.2) is 0 Å². The van der Waals surface area contributed by atoms with Crippen molar-refractivity contribution < 1.29 is 4.79 Å². The molecule has 0 radical (unpaired) electrons. The number of halogens is 1. The number of nitrogens with one attached hydrogen (secondary N) is 1. The Hall–Kier alpha value is -0.620. The van der Waals surface area contributed by atoms with Gasteiger partial charge in [0.2, 0.25) is 5.91 Å². The van der Waals surface area contributed by atoms with Crippen LogP contribution in [0.4, 0.5) is 5.69 Å². The fraction of sp³-hybridized carbons (Fsp3) is 0.500. The van der Waals surface area contributed by atoms with Gasteiger partial charge in [0, 0.05) is 14.8 Å². The fourth-order valence-corrected chi connectivity index (χ4v) is 3.13. The summed E-state index contributed by atoms with van der Waals surface area (Å²) in [4.78, 5) is 12.3. The van der Waals surface area contributed by atoms with Crippen LogP contribution in [-0.4, -0.2) is 11.4 Å². The first-order valence-corrected chi connectivity index (χ1v) is 7.42. The summed E-state index contributed by atoms with van der Waals surface area (Å²) in [6.07, 6.45) is 4.04. The highest BCUT2D eigenvalue weighted by Gasteiger charge is 2.37. The number of hydrogen-bond acceptors (Lipinski definition) is 2. The van der Waals surface area contributed by atoms with Crippen molar-refractivity contribution in [1.29, 1.82) is 0 Å². The van der Waals surface area contributed by atoms with Gasteiger partial charge in [-0.3, -0.25) is 4.79 Å². The topological polar surface area (TPSA) is 55.1 Å². The molecule has 18 heavy (non-hydrogen) atoms. The SMILES string of the molecule is CC1(N)CCCCC1C(=O)Nc1cccc(I)c1. The summed E-state index contributed by atoms with van der Waals surface area (Å²) in [5, 5.41) is 2.98. The molecule has 0 bridgehead atoms. The van der Waals surface area contributed by atoms with Crippen LogP contribution in [0, 0.1) is 9.49 Å². The molecule has 1 amide bonds. The molecule has 3 N–H and O–H groups in total. The van der Waals surface area contributed by atoms with Crippen molar-refractivity contribution in [2.45, 2.75) is 38.1 Å². The van der Waals surface area contributed by atoms with E-state index in [2.05, 4.69) is 27.9 Å². The first-order chi connectivity index (χ1) is 8.49. The predicted molar refractivity (Wildman–Crippen MR) is 82.3 cm³/mol. The van der Waals surface area contributed by atoms with Crippen LogP contribution in [-0.2, 0) is 4.79 Å². The Kier molecular flexibility index (Phi) is 4.27. The van der Waals surface area contributed by atoms with Gasteiger partial charge < -0.3 is 11.1 Å². The summed E-state index contributed by atoms with van der Waals surface area (Å²) in [5.74, 6) is -0.0224. The summed E-state index contributed by atoms with van der Waals surface area (Å²) in [7, 11) is 0. The van der Waals surface area contributed by atoms with E-state index in [0.29, 0.717) is 0 Å². The molecule has 0 aromatic heterocycles. The van der Waals surface area contributed by atoms with E-state index in [0.717, 1.165) is 34.9 Å². The highest BCUT2D eigenvalue weighted by Crippen LogP contribution is 2.32. The summed E-state index contributed by atoms with van der Waals surface area (Å²) in [5.41, 5.74) is 6.73. The van der Waals surface area contributed by atoms with Crippen LogP contribution in [0.1, 0.15) is 32.6 Å². The van der Waals surface area contributed by atoms with E-state index in [-0.39, 0.29) is 17.4 Å². The molecule has 0 heterocycles. The zero-order valence-corrected chi connectivity index (χ0v) is 12.7. The Bertz CT molecular complexity index is 445. The molecule has 2 rings (SSSR count). The summed E-state index contributed by atoms with van der Waals surface area (Å²) < 4.78 is 1.12. The van der Waals surface area contributed by atoms with E-state index in [1.54, 1.807) is 0 Å². The Morgan fingerprint density at radius 3 is 2.94 bits per heavy atom. The number of amides is 1. The predicted octanol–water partition coefficient (Wildman–Crippen LogP) is 3.14. The van der Waals surface area contributed by atoms with Gasteiger partial charge in [-0.1, -0.05) is 18.9 Å². The normalized spacial score (nSPS) is 27.8. The molecule has 0 saturated heterocycles. The lowest BCUT2D eigenvalue weighted by molar-refractivity contribution is -0.122. The molecule has 1 fully saturated rings. The van der Waals surface area contributed by atoms with E-state index >= 15 is 0 Å². The highest BCUT2D eigenvalue weighted by molar-refractivity contribution is 14.1. The lowest BCUT2D eigenvalue weighted by Gasteiger charge is -2.37. The minimum Gasteiger partial charge on any atom is -0.326 e. The second-order valence-electron chi connectivity index (χ2n) is 5.30. The lowest BCUT2D eigenvalue weighted by atomic mass is 9.74. The average Bonchev–Trinajstić information content (AvgIpc) is 2.28. The zero-order chi connectivity index (χ0) is 13.2. The number of anilines is 1. The number of hydrogen-bond donors (Lipinski definition) is 2. The second-order valence-corrected chi connectivity index (χ2v) is 6.55. The molecule has 0 aliphatic heterocycles. The van der Waals surface area contributed by atoms with Crippen molar-refractivity contribution in [2.24, 2.45) is 11.7 Å². The van der Waals surface area contributed by atoms with E-state index in [1.165, 1.54) is 0 Å². The van der Waals surface area contributed by atoms with Gasteiger partial charge >= 0.3 is 0 Å². The van der Waals surface area contributed by atoms with Crippen molar-refractivity contribution in [1.82, 2.24) is 0 Å². The van der Waals surface area contributed by atoms with Crippen LogP contribution in [0.15, 0.2) is 24.3 Å². The molecule has 98 valence electrons. The highest BCUT2D eigenvalue weighted by atomic mass is 127. The minimum atomic E-state index is -0.371. The standard InChI is InChI=1S/C14H19IN2O/c1-14(16)8-3-2-7-12(14)13(18)17-11-6-4-5-10(15)9-11/h4-6,9,12H,2-3,7-8,16H2,1H3,(H,17,18). The Balaban J connectivity index is 2.07. The Morgan fingerprint density at radius 2 is 2.28 bits per heavy atom. The molecule has 1 saturated carbocycles. The largest absolute Gasteiger partial charge is 0.326 e. The minimum absolute atomic E-state index is 0.0571. The summed E-state index contributed by atoms with van der Waals surface area (Å²) >= 11 is 2.24. The number of carbonyl (C=O) groups is 1. The second kappa shape index (κ2) is 5.57. The zero-order valence-electron chi connectivity index (χ0n) is 10.6. The van der Waals surface area contributed by atoms with E-state index in [4.69, 9.17) is 5.73 Å². The maximum atomic E-state index is 12.3. The first-order valence-electron chi connectivity index (χ1n) is 6.34. The summed E-state index contributed by atoms with van der Waals surface area (Å²) in [6, 6.07) is 7.83. The molecule has 1 aliphatic carbocycles. The molecule has 1 aromatic rings. The van der Waals surface area contributed by atoms with E-state index < -0.39 is 0 Å². The van der Waals surface area contributed by atoms with Gasteiger partial charge in [0.15, 0.2) is 0 Å². The van der Waals surface area contributed by atoms with Crippen LogP contribution in [0.2, 0.25) is 0 Å². The quantitative estimate of drug-likeness (QED) is 0.798. The molecule has 4 heteroatoms. The lowest BCUT2D eigenvalue weighted by Crippen LogP contribution is -2.51. The molecule has 0 spiro atoms. The molecule has 1 aromatic carbocycles. The van der Waals surface area contributed by atoms with E-state index in [9.17, 15) is 4.79 Å². The van der Waals surface area contributed by atoms with Crippen LogP contribution in [0.25, 0.3) is 0 Å². The Morgan fingerprint density at radius 1 is 1.50 bits per heavy atom. The molecular formula is C14H19IN2O. The van der Waals surface area contributed by atoms with Gasteiger partial charge in [0.1, 0.15) is 0 Å². The third-order valence-corrected chi connectivity index (χ3v) is 4.33. The van der Waals surface area contributed by atoms with Gasteiger partial charge in [-0.05, 0) is 60.6 Å². The molecule has 2 atom stereocenters. The van der Waals surface area contributed by atoms with Gasteiger partial charge in [-0.15, -0.1) is 0 Å². The van der Waals surface area contributed by atoms with Crippen LogP contribution >= 0.6 is 22.6 Å². The maximum Gasteiger partial charge on any atom is 0.229 e. The average molecular weight is 358 g/mol. The molecule has 3 nitrogen and oxygen atoms in total. The monoisotopic (exact) mass is 358 g/mol. The van der Waals surface area contributed by atoms with Crippen molar-refractivity contribution >= 4 is 34.2 Å². The van der Waals surface area contributed by atoms with Crippen molar-refractivity contribution in [3.8, 4) is 0 Å². The van der Waals surface area contributed by atoms with Gasteiger partial charge in [0.25, 0.3) is 0 Å². The first kappa shape index (κ1) is 13.8. The summed E-state index contributed by atoms with van der Waals surface area (Å²) in [6.45, 7) is 1.99. The third-order valence-electron chi connectivity index (χ3n) is 3.66. The van der Waals surface area contributed by atoms with Crippen LogP contribution in [0.3, 0.4) is 0 Å².